The maximum Gasteiger partial charge on any atom is 0.244 e. The molecule has 3 aromatic carbocycles. The fourth-order valence-electron chi connectivity index (χ4n) is 3.96. The van der Waals surface area contributed by atoms with Crippen LogP contribution in [0.5, 0.6) is 0 Å². The van der Waals surface area contributed by atoms with Gasteiger partial charge < -0.3 is 10.2 Å². The van der Waals surface area contributed by atoms with Gasteiger partial charge in [-0.2, -0.15) is 0 Å². The largest absolute Gasteiger partial charge is 0.355 e. The molecule has 7 nitrogen and oxygen atoms in total. The summed E-state index contributed by atoms with van der Waals surface area (Å²) in [4.78, 5) is 28.6. The smallest absolute Gasteiger partial charge is 0.244 e. The Morgan fingerprint density at radius 1 is 0.897 bits per heavy atom. The number of nitrogens with one attached hydrogen (secondary N) is 1. The maximum absolute atomic E-state index is 14.0. The van der Waals surface area contributed by atoms with Crippen LogP contribution in [0.15, 0.2) is 66.7 Å². The van der Waals surface area contributed by atoms with E-state index in [0.717, 1.165) is 16.1 Å². The Labute approximate surface area is 248 Å². The normalized spacial score (nSPS) is 12.1. The molecule has 0 spiro atoms. The highest BCUT2D eigenvalue weighted by molar-refractivity contribution is 7.92. The Morgan fingerprint density at radius 3 is 2.08 bits per heavy atom. The topological polar surface area (TPSA) is 86.8 Å². The molecule has 39 heavy (non-hydrogen) atoms. The van der Waals surface area contributed by atoms with Crippen LogP contribution >= 0.6 is 46.4 Å². The molecule has 0 aliphatic heterocycles. The summed E-state index contributed by atoms with van der Waals surface area (Å²) in [7, 11) is -3.97. The van der Waals surface area contributed by atoms with Gasteiger partial charge >= 0.3 is 0 Å². The number of benzene rings is 3. The first-order chi connectivity index (χ1) is 18.4. The van der Waals surface area contributed by atoms with Gasteiger partial charge in [-0.05, 0) is 48.4 Å². The van der Waals surface area contributed by atoms with E-state index in [9.17, 15) is 18.0 Å². The van der Waals surface area contributed by atoms with E-state index in [4.69, 9.17) is 46.4 Å². The van der Waals surface area contributed by atoms with E-state index in [1.54, 1.807) is 19.1 Å². The second kappa shape index (κ2) is 13.7. The van der Waals surface area contributed by atoms with E-state index in [2.05, 4.69) is 5.32 Å². The lowest BCUT2D eigenvalue weighted by Crippen LogP contribution is -2.53. The summed E-state index contributed by atoms with van der Waals surface area (Å²) in [5, 5.41) is 3.86. The van der Waals surface area contributed by atoms with Crippen molar-refractivity contribution >= 4 is 73.9 Å². The van der Waals surface area contributed by atoms with Gasteiger partial charge in [0.2, 0.25) is 21.8 Å². The molecule has 0 radical (unpaired) electrons. The van der Waals surface area contributed by atoms with Gasteiger partial charge in [0.05, 0.1) is 17.0 Å². The zero-order valence-corrected chi connectivity index (χ0v) is 25.0. The van der Waals surface area contributed by atoms with Crippen LogP contribution in [0.1, 0.15) is 18.1 Å². The fourth-order valence-corrected chi connectivity index (χ4v) is 5.85. The molecule has 0 fully saturated rings. The lowest BCUT2D eigenvalue weighted by Gasteiger charge is -2.33. The van der Waals surface area contributed by atoms with Crippen LogP contribution in [0.25, 0.3) is 0 Å². The predicted octanol–water partition coefficient (Wildman–Crippen LogP) is 5.84. The Kier molecular flexibility index (Phi) is 10.9. The zero-order chi connectivity index (χ0) is 28.7. The molecule has 0 aliphatic rings. The van der Waals surface area contributed by atoms with E-state index in [1.807, 2.05) is 30.3 Å². The van der Waals surface area contributed by atoms with E-state index in [0.29, 0.717) is 27.2 Å². The van der Waals surface area contributed by atoms with Gasteiger partial charge in [-0.25, -0.2) is 8.42 Å². The Morgan fingerprint density at radius 2 is 1.51 bits per heavy atom. The van der Waals surface area contributed by atoms with Crippen molar-refractivity contribution in [3.05, 3.63) is 97.9 Å². The Bertz CT molecular complexity index is 1440. The Hall–Kier alpha value is -2.49. The highest BCUT2D eigenvalue weighted by Gasteiger charge is 2.33. The van der Waals surface area contributed by atoms with Crippen molar-refractivity contribution < 1.29 is 18.0 Å². The van der Waals surface area contributed by atoms with Crippen molar-refractivity contribution in [1.29, 1.82) is 0 Å². The standard InChI is InChI=1S/C27H27Cl4N3O4S/c1-3-32-27(36)25(13-18-7-5-4-6-8-18)33(16-19-9-10-20(28)14-22(19)30)26(35)17-34(39(2,37)38)24-12-11-21(29)15-23(24)31/h4-12,14-15,25H,3,13,16-17H2,1-2H3,(H,32,36)/t25-/m1/s1. The molecule has 12 heteroatoms. The highest BCUT2D eigenvalue weighted by Crippen LogP contribution is 2.31. The first-order valence-electron chi connectivity index (χ1n) is 11.9. The minimum atomic E-state index is -3.97. The van der Waals surface area contributed by atoms with Gasteiger partial charge in [0, 0.05) is 34.6 Å². The molecular weight excluding hydrogens is 604 g/mol. The Balaban J connectivity index is 2.08. The number of amides is 2. The molecular formula is C27H27Cl4N3O4S. The molecule has 3 aromatic rings. The molecule has 208 valence electrons. The second-order valence-corrected chi connectivity index (χ2v) is 12.3. The molecule has 3 rings (SSSR count). The number of likely N-dealkylation sites (N-methyl/N-ethyl adjacent to an activating group) is 1. The number of halogens is 4. The third-order valence-electron chi connectivity index (χ3n) is 5.84. The monoisotopic (exact) mass is 629 g/mol. The van der Waals surface area contributed by atoms with Crippen molar-refractivity contribution in [2.75, 3.05) is 23.7 Å². The summed E-state index contributed by atoms with van der Waals surface area (Å²) in [6.07, 6.45) is 1.15. The van der Waals surface area contributed by atoms with Crippen molar-refractivity contribution in [2.45, 2.75) is 25.9 Å². The number of sulfonamides is 1. The lowest BCUT2D eigenvalue weighted by molar-refractivity contribution is -0.140. The van der Waals surface area contributed by atoms with Crippen LogP contribution in [-0.4, -0.2) is 50.5 Å². The quantitative estimate of drug-likeness (QED) is 0.288. The number of hydrogen-bond acceptors (Lipinski definition) is 4. The number of hydrogen-bond donors (Lipinski definition) is 1. The van der Waals surface area contributed by atoms with Crippen LogP contribution in [0, 0.1) is 0 Å². The molecule has 0 unspecified atom stereocenters. The van der Waals surface area contributed by atoms with Gasteiger partial charge in [0.1, 0.15) is 12.6 Å². The van der Waals surface area contributed by atoms with Crippen molar-refractivity contribution in [2.24, 2.45) is 0 Å². The van der Waals surface area contributed by atoms with Gasteiger partial charge in [-0.15, -0.1) is 0 Å². The minimum Gasteiger partial charge on any atom is -0.355 e. The third-order valence-corrected chi connectivity index (χ3v) is 8.09. The van der Waals surface area contributed by atoms with Gasteiger partial charge in [0.25, 0.3) is 0 Å². The number of carbonyl (C=O) groups excluding carboxylic acids is 2. The van der Waals surface area contributed by atoms with Crippen LogP contribution in [0.2, 0.25) is 20.1 Å². The third kappa shape index (κ3) is 8.50. The second-order valence-electron chi connectivity index (χ2n) is 8.72. The van der Waals surface area contributed by atoms with Gasteiger partial charge in [-0.3, -0.25) is 13.9 Å². The van der Waals surface area contributed by atoms with E-state index in [-0.39, 0.29) is 23.7 Å². The van der Waals surface area contributed by atoms with Gasteiger partial charge in [0.15, 0.2) is 0 Å². The SMILES string of the molecule is CCNC(=O)[C@@H](Cc1ccccc1)N(Cc1ccc(Cl)cc1Cl)C(=O)CN(c1ccc(Cl)cc1Cl)S(C)(=O)=O. The average molecular weight is 631 g/mol. The minimum absolute atomic E-state index is 0.0533. The molecule has 0 heterocycles. The number of nitrogens with zero attached hydrogens (tertiary/aromatic N) is 2. The summed E-state index contributed by atoms with van der Waals surface area (Å²) in [6, 6.07) is 17.3. The fraction of sp³-hybridized carbons (Fsp3) is 0.259. The van der Waals surface area contributed by atoms with Crippen LogP contribution in [0.3, 0.4) is 0 Å². The van der Waals surface area contributed by atoms with Crippen LogP contribution in [0.4, 0.5) is 5.69 Å². The summed E-state index contributed by atoms with van der Waals surface area (Å²) < 4.78 is 26.5. The molecule has 2 amide bonds. The van der Waals surface area contributed by atoms with Crippen molar-refractivity contribution in [3.63, 3.8) is 0 Å². The summed E-state index contributed by atoms with van der Waals surface area (Å²) in [5.41, 5.74) is 1.43. The molecule has 1 N–H and O–H groups in total. The summed E-state index contributed by atoms with van der Waals surface area (Å²) in [6.45, 7) is 1.42. The summed E-state index contributed by atoms with van der Waals surface area (Å²) in [5.74, 6) is -1.03. The number of rotatable bonds is 11. The molecule has 0 aromatic heterocycles. The number of anilines is 1. The lowest BCUT2D eigenvalue weighted by atomic mass is 10.0. The zero-order valence-electron chi connectivity index (χ0n) is 21.2. The van der Waals surface area contributed by atoms with E-state index in [1.165, 1.54) is 29.2 Å². The highest BCUT2D eigenvalue weighted by atomic mass is 35.5. The predicted molar refractivity (Wildman–Crippen MR) is 158 cm³/mol. The molecule has 0 saturated carbocycles. The molecule has 0 saturated heterocycles. The van der Waals surface area contributed by atoms with E-state index < -0.39 is 34.4 Å². The van der Waals surface area contributed by atoms with Crippen molar-refractivity contribution in [3.8, 4) is 0 Å². The molecule has 1 atom stereocenters. The van der Waals surface area contributed by atoms with Crippen molar-refractivity contribution in [1.82, 2.24) is 10.2 Å². The average Bonchev–Trinajstić information content (AvgIpc) is 2.86. The molecule has 0 aliphatic carbocycles. The number of carbonyl (C=O) groups is 2. The molecule has 0 bridgehead atoms. The van der Waals surface area contributed by atoms with Gasteiger partial charge in [-0.1, -0.05) is 82.8 Å². The summed E-state index contributed by atoms with van der Waals surface area (Å²) >= 11 is 24.8. The first-order valence-corrected chi connectivity index (χ1v) is 15.2. The van der Waals surface area contributed by atoms with E-state index >= 15 is 0 Å². The van der Waals surface area contributed by atoms with Crippen LogP contribution < -0.4 is 9.62 Å². The van der Waals surface area contributed by atoms with Crippen LogP contribution in [-0.2, 0) is 32.6 Å². The maximum atomic E-state index is 14.0. The first kappa shape index (κ1) is 31.0.